The molecule has 10 aromatic rings. The Bertz CT molecular complexity index is 3280. The number of aromatic nitrogens is 4. The zero-order valence-corrected chi connectivity index (χ0v) is 37.8. The Morgan fingerprint density at radius 1 is 0.364 bits per heavy atom. The predicted octanol–water partition coefficient (Wildman–Crippen LogP) is 11.1. The summed E-state index contributed by atoms with van der Waals surface area (Å²) in [5.74, 6) is 3.66. The average Bonchev–Trinajstić information content (AvgIpc) is 3.72. The molecule has 4 fully saturated rings. The van der Waals surface area contributed by atoms with Gasteiger partial charge in [0.2, 0.25) is 5.95 Å². The molecule has 2 aliphatic heterocycles. The Kier molecular flexibility index (Phi) is 9.41. The quantitative estimate of drug-likeness (QED) is 0.107. The molecule has 2 saturated carbocycles. The summed E-state index contributed by atoms with van der Waals surface area (Å²) in [4.78, 5) is 19.1. The van der Waals surface area contributed by atoms with Gasteiger partial charge < -0.3 is 4.90 Å². The first-order chi connectivity index (χ1) is 32.7. The molecule has 14 rings (SSSR count). The lowest BCUT2D eigenvalue weighted by Crippen LogP contribution is -2.74. The first-order valence-corrected chi connectivity index (χ1v) is 25.7. The van der Waals surface area contributed by atoms with Crippen LogP contribution in [0.25, 0.3) is 61.7 Å². The van der Waals surface area contributed by atoms with Crippen LogP contribution in [0.3, 0.4) is 0 Å². The molecule has 66 heavy (non-hydrogen) atoms. The van der Waals surface area contributed by atoms with Crippen LogP contribution < -0.4 is 25.6 Å². The lowest BCUT2D eigenvalue weighted by atomic mass is 9.63. The third kappa shape index (κ3) is 6.45. The Morgan fingerprint density at radius 2 is 0.818 bits per heavy atom. The average molecular weight is 868 g/mol. The summed E-state index contributed by atoms with van der Waals surface area (Å²) in [6.45, 7) is 0. The van der Waals surface area contributed by atoms with Crippen molar-refractivity contribution in [1.82, 2.24) is 19.5 Å². The van der Waals surface area contributed by atoms with E-state index < -0.39 is 8.07 Å². The maximum atomic E-state index is 5.46. The summed E-state index contributed by atoms with van der Waals surface area (Å²) in [6.07, 6.45) is 6.78. The fourth-order valence-electron chi connectivity index (χ4n) is 12.5. The minimum Gasteiger partial charge on any atom is -0.366 e. The van der Waals surface area contributed by atoms with Gasteiger partial charge in [0, 0.05) is 39.7 Å². The number of hydrogen-bond acceptors (Lipinski definition) is 4. The molecule has 5 nitrogen and oxygen atoms in total. The zero-order chi connectivity index (χ0) is 43.6. The number of nitrogens with zero attached hydrogens (tertiary/aromatic N) is 5. The van der Waals surface area contributed by atoms with Gasteiger partial charge in [-0.25, -0.2) is 4.98 Å². The van der Waals surface area contributed by atoms with Crippen LogP contribution in [0.4, 0.5) is 5.69 Å². The number of anilines is 1. The largest absolute Gasteiger partial charge is 0.366 e. The SMILES string of the molecule is c1ccc(-c2cccc(-c3nc(-c4cccc([Si](c5ccccc5)(c5ccccc5)c5cccc(N6C7CC8CC(C7)CC6C8)c5)c4)nc(-n4c5ccccc5c5ccccc54)n3)c2)cc1. The minimum absolute atomic E-state index is 0.593. The van der Waals surface area contributed by atoms with Gasteiger partial charge in [-0.2, -0.15) is 9.97 Å². The lowest BCUT2D eigenvalue weighted by Gasteiger charge is -2.57. The molecule has 2 saturated heterocycles. The number of fused-ring (bicyclic) bond motifs is 3. The molecule has 6 heteroatoms. The molecule has 4 bridgehead atoms. The third-order valence-electron chi connectivity index (χ3n) is 15.1. The van der Waals surface area contributed by atoms with Crippen molar-refractivity contribution >= 4 is 56.3 Å². The van der Waals surface area contributed by atoms with Gasteiger partial charge in [0.05, 0.1) is 11.0 Å². The lowest BCUT2D eigenvalue weighted by molar-refractivity contribution is 0.0900. The second-order valence-electron chi connectivity index (χ2n) is 18.8. The predicted molar refractivity (Wildman–Crippen MR) is 274 cm³/mol. The number of para-hydroxylation sites is 2. The zero-order valence-electron chi connectivity index (χ0n) is 36.8. The van der Waals surface area contributed by atoms with Gasteiger partial charge in [-0.05, 0) is 106 Å². The fraction of sp³-hybridized carbons (Fsp3) is 0.150. The van der Waals surface area contributed by atoms with E-state index in [2.05, 4.69) is 222 Å². The minimum atomic E-state index is -2.96. The Labute approximate surface area is 387 Å². The molecular formula is C60H49N5Si. The van der Waals surface area contributed by atoms with Gasteiger partial charge in [-0.15, -0.1) is 0 Å². The Hall–Kier alpha value is -7.41. The second-order valence-corrected chi connectivity index (χ2v) is 22.6. The summed E-state index contributed by atoms with van der Waals surface area (Å²) in [7, 11) is -2.96. The molecule has 4 heterocycles. The van der Waals surface area contributed by atoms with E-state index in [9.17, 15) is 0 Å². The van der Waals surface area contributed by atoms with Crippen LogP contribution in [0.1, 0.15) is 32.1 Å². The van der Waals surface area contributed by atoms with Crippen molar-refractivity contribution in [3.63, 3.8) is 0 Å². The van der Waals surface area contributed by atoms with Crippen molar-refractivity contribution in [2.45, 2.75) is 44.2 Å². The molecule has 0 radical (unpaired) electrons. The molecule has 2 aromatic heterocycles. The van der Waals surface area contributed by atoms with E-state index in [4.69, 9.17) is 15.0 Å². The highest BCUT2D eigenvalue weighted by Gasteiger charge is 2.48. The van der Waals surface area contributed by atoms with Crippen LogP contribution in [0.5, 0.6) is 0 Å². The van der Waals surface area contributed by atoms with E-state index in [0.717, 1.165) is 45.1 Å². The van der Waals surface area contributed by atoms with Gasteiger partial charge in [-0.1, -0.05) is 182 Å². The second kappa shape index (κ2) is 15.9. The van der Waals surface area contributed by atoms with Crippen molar-refractivity contribution in [1.29, 1.82) is 0 Å². The van der Waals surface area contributed by atoms with Crippen molar-refractivity contribution in [2.75, 3.05) is 4.90 Å². The van der Waals surface area contributed by atoms with Gasteiger partial charge >= 0.3 is 0 Å². The molecule has 0 spiro atoms. The van der Waals surface area contributed by atoms with E-state index in [-0.39, 0.29) is 0 Å². The molecule has 0 atom stereocenters. The van der Waals surface area contributed by atoms with Gasteiger partial charge in [-0.3, -0.25) is 4.57 Å². The number of hydrogen-bond donors (Lipinski definition) is 0. The van der Waals surface area contributed by atoms with Crippen LogP contribution in [-0.4, -0.2) is 39.7 Å². The van der Waals surface area contributed by atoms with Crippen molar-refractivity contribution < 1.29 is 0 Å². The maximum Gasteiger partial charge on any atom is 0.238 e. The Balaban J connectivity index is 1.03. The van der Waals surface area contributed by atoms with E-state index in [0.29, 0.717) is 29.7 Å². The first kappa shape index (κ1) is 39.0. The molecule has 2 aliphatic carbocycles. The van der Waals surface area contributed by atoms with Gasteiger partial charge in [0.25, 0.3) is 0 Å². The molecule has 0 N–H and O–H groups in total. The highest BCUT2D eigenvalue weighted by molar-refractivity contribution is 7.20. The van der Waals surface area contributed by atoms with Crippen molar-refractivity contribution in [2.24, 2.45) is 11.8 Å². The monoisotopic (exact) mass is 867 g/mol. The summed E-state index contributed by atoms with van der Waals surface area (Å²) < 4.78 is 2.21. The highest BCUT2D eigenvalue weighted by Crippen LogP contribution is 2.50. The summed E-state index contributed by atoms with van der Waals surface area (Å²) in [6, 6.07) is 79.1. The van der Waals surface area contributed by atoms with E-state index >= 15 is 0 Å². The van der Waals surface area contributed by atoms with Gasteiger partial charge in [0.15, 0.2) is 19.7 Å². The number of piperidine rings is 2. The van der Waals surface area contributed by atoms with Crippen LogP contribution in [0.2, 0.25) is 0 Å². The van der Waals surface area contributed by atoms with Gasteiger partial charge in [0.1, 0.15) is 0 Å². The van der Waals surface area contributed by atoms with Crippen LogP contribution in [-0.2, 0) is 0 Å². The summed E-state index contributed by atoms with van der Waals surface area (Å²) in [5, 5.41) is 7.72. The maximum absolute atomic E-state index is 5.46. The van der Waals surface area contributed by atoms with E-state index in [1.54, 1.807) is 0 Å². The van der Waals surface area contributed by atoms with E-state index in [1.807, 2.05) is 0 Å². The molecule has 318 valence electrons. The first-order valence-electron chi connectivity index (χ1n) is 23.7. The normalized spacial score (nSPS) is 18.9. The topological polar surface area (TPSA) is 46.8 Å². The number of rotatable bonds is 9. The molecule has 0 unspecified atom stereocenters. The molecule has 0 amide bonds. The highest BCUT2D eigenvalue weighted by atomic mass is 28.3. The van der Waals surface area contributed by atoms with Crippen LogP contribution >= 0.6 is 0 Å². The molecular weight excluding hydrogens is 819 g/mol. The van der Waals surface area contributed by atoms with Crippen LogP contribution in [0, 0.1) is 11.8 Å². The van der Waals surface area contributed by atoms with Crippen molar-refractivity contribution in [3.8, 4) is 39.9 Å². The molecule has 8 aromatic carbocycles. The van der Waals surface area contributed by atoms with Crippen molar-refractivity contribution in [3.05, 3.63) is 212 Å². The fourth-order valence-corrected chi connectivity index (χ4v) is 17.3. The van der Waals surface area contributed by atoms with E-state index in [1.165, 1.54) is 69.3 Å². The molecule has 4 aliphatic rings. The summed E-state index contributed by atoms with van der Waals surface area (Å²) >= 11 is 0. The Morgan fingerprint density at radius 3 is 1.42 bits per heavy atom. The summed E-state index contributed by atoms with van der Waals surface area (Å²) in [5.41, 5.74) is 7.66. The van der Waals surface area contributed by atoms with Crippen LogP contribution in [0.15, 0.2) is 212 Å². The number of benzene rings is 8. The standard InChI is InChI=1S/C60H49N5Si/c1-4-17-43(18-5-1)44-19-14-20-45(38-44)58-61-59(63-60(62-58)65-56-31-12-10-29-54(56)55-30-11-13-32-57(55)65)46-21-15-27-52(39-46)66(50-23-6-2-7-24-50,51-25-8-3-9-26-51)53-28-16-22-47(40-53)64-48-34-41-33-42(36-48)37-49(64)35-41/h1-32,38-42,48-49H,33-37H2. The third-order valence-corrected chi connectivity index (χ3v) is 19.8. The smallest absolute Gasteiger partial charge is 0.238 e.